The highest BCUT2D eigenvalue weighted by Crippen LogP contribution is 2.17. The minimum Gasteiger partial charge on any atom is -0.276 e. The molecule has 0 saturated carbocycles. The highest BCUT2D eigenvalue weighted by atomic mass is 79.9. The normalized spacial score (nSPS) is 19.7. The van der Waals surface area contributed by atoms with E-state index >= 15 is 0 Å². The number of hydrazone groups is 1. The molecule has 0 spiro atoms. The van der Waals surface area contributed by atoms with Gasteiger partial charge in [-0.1, -0.05) is 12.2 Å². The highest BCUT2D eigenvalue weighted by Gasteiger charge is 2.07. The summed E-state index contributed by atoms with van der Waals surface area (Å²) < 4.78 is 0.410. The van der Waals surface area contributed by atoms with E-state index in [2.05, 4.69) is 48.8 Å². The fourth-order valence-electron chi connectivity index (χ4n) is 1.63. The molecular formula is C11H13BrN4O. The van der Waals surface area contributed by atoms with E-state index in [-0.39, 0.29) is 5.56 Å². The summed E-state index contributed by atoms with van der Waals surface area (Å²) >= 11 is 3.18. The summed E-state index contributed by atoms with van der Waals surface area (Å²) in [4.78, 5) is 11.2. The molecule has 90 valence electrons. The van der Waals surface area contributed by atoms with Gasteiger partial charge in [-0.25, -0.2) is 5.10 Å². The van der Waals surface area contributed by atoms with Gasteiger partial charge in [0, 0.05) is 6.21 Å². The number of nitrogens with one attached hydrogen (secondary N) is 2. The molecule has 1 atom stereocenters. The van der Waals surface area contributed by atoms with Crippen molar-refractivity contribution in [2.75, 3.05) is 5.43 Å². The Balaban J connectivity index is 1.97. The van der Waals surface area contributed by atoms with E-state index in [0.29, 0.717) is 16.1 Å². The standard InChI is InChI=1S/C11H13BrN4O/c12-10-9(7-14-16-11(10)17)15-13-6-8-4-2-1-3-5-8/h1-2,6-8H,3-5H2,(H2,15,16,17)/b13-6-/t8-/m0/s1. The molecule has 0 bridgehead atoms. The van der Waals surface area contributed by atoms with Gasteiger partial charge in [0.05, 0.1) is 11.9 Å². The van der Waals surface area contributed by atoms with Gasteiger partial charge in [0.2, 0.25) is 0 Å². The lowest BCUT2D eigenvalue weighted by molar-refractivity contribution is 0.627. The van der Waals surface area contributed by atoms with Crippen LogP contribution in [0.4, 0.5) is 5.69 Å². The van der Waals surface area contributed by atoms with Gasteiger partial charge in [-0.05, 0) is 41.1 Å². The number of anilines is 1. The number of nitrogens with zero attached hydrogens (tertiary/aromatic N) is 2. The Morgan fingerprint density at radius 2 is 2.47 bits per heavy atom. The van der Waals surface area contributed by atoms with Crippen LogP contribution in [0.2, 0.25) is 0 Å². The van der Waals surface area contributed by atoms with Crippen molar-refractivity contribution in [1.29, 1.82) is 0 Å². The molecule has 1 aliphatic carbocycles. The molecule has 2 rings (SSSR count). The summed E-state index contributed by atoms with van der Waals surface area (Å²) in [5.74, 6) is 0.473. The van der Waals surface area contributed by atoms with Gasteiger partial charge in [0.15, 0.2) is 0 Å². The molecular weight excluding hydrogens is 284 g/mol. The van der Waals surface area contributed by atoms with Crippen LogP contribution in [0.15, 0.2) is 32.7 Å². The third-order valence-electron chi connectivity index (χ3n) is 2.58. The fraction of sp³-hybridized carbons (Fsp3) is 0.364. The predicted molar refractivity (Wildman–Crippen MR) is 71.2 cm³/mol. The summed E-state index contributed by atoms with van der Waals surface area (Å²) in [5.41, 5.74) is 3.11. The molecule has 5 nitrogen and oxygen atoms in total. The third kappa shape index (κ3) is 3.26. The van der Waals surface area contributed by atoms with Crippen molar-refractivity contribution < 1.29 is 0 Å². The van der Waals surface area contributed by atoms with E-state index in [4.69, 9.17) is 0 Å². The van der Waals surface area contributed by atoms with Crippen LogP contribution in [0, 0.1) is 5.92 Å². The van der Waals surface area contributed by atoms with E-state index in [9.17, 15) is 4.79 Å². The molecule has 0 aliphatic heterocycles. The summed E-state index contributed by atoms with van der Waals surface area (Å²) in [7, 11) is 0. The lowest BCUT2D eigenvalue weighted by Crippen LogP contribution is -2.11. The number of allylic oxidation sites excluding steroid dienone is 2. The molecule has 1 aliphatic rings. The second kappa shape index (κ2) is 5.77. The highest BCUT2D eigenvalue weighted by molar-refractivity contribution is 9.10. The molecule has 6 heteroatoms. The van der Waals surface area contributed by atoms with Gasteiger partial charge in [0.25, 0.3) is 5.56 Å². The van der Waals surface area contributed by atoms with Gasteiger partial charge in [0.1, 0.15) is 4.47 Å². The monoisotopic (exact) mass is 296 g/mol. The molecule has 2 N–H and O–H groups in total. The maximum atomic E-state index is 11.2. The number of halogens is 1. The molecule has 0 unspecified atom stereocenters. The first-order valence-corrected chi connectivity index (χ1v) is 6.24. The molecule has 0 amide bonds. The van der Waals surface area contributed by atoms with Crippen molar-refractivity contribution in [2.45, 2.75) is 19.3 Å². The van der Waals surface area contributed by atoms with Crippen molar-refractivity contribution in [3.8, 4) is 0 Å². The molecule has 0 aromatic carbocycles. The van der Waals surface area contributed by atoms with Crippen LogP contribution in [-0.4, -0.2) is 16.4 Å². The average molecular weight is 297 g/mol. The number of aromatic amines is 1. The van der Waals surface area contributed by atoms with Crippen molar-refractivity contribution >= 4 is 27.8 Å². The molecule has 0 saturated heterocycles. The van der Waals surface area contributed by atoms with Gasteiger partial charge < -0.3 is 0 Å². The molecule has 0 radical (unpaired) electrons. The van der Waals surface area contributed by atoms with Crippen LogP contribution in [-0.2, 0) is 0 Å². The quantitative estimate of drug-likeness (QED) is 0.511. The van der Waals surface area contributed by atoms with Gasteiger partial charge >= 0.3 is 0 Å². The molecule has 17 heavy (non-hydrogen) atoms. The van der Waals surface area contributed by atoms with E-state index < -0.39 is 0 Å². The molecule has 0 fully saturated rings. The third-order valence-corrected chi connectivity index (χ3v) is 3.36. The zero-order valence-electron chi connectivity index (χ0n) is 9.19. The van der Waals surface area contributed by atoms with E-state index in [0.717, 1.165) is 19.3 Å². The lowest BCUT2D eigenvalue weighted by atomic mass is 9.96. The number of rotatable bonds is 3. The maximum absolute atomic E-state index is 11.2. The first-order chi connectivity index (χ1) is 8.27. The second-order valence-corrected chi connectivity index (χ2v) is 4.65. The summed E-state index contributed by atoms with van der Waals surface area (Å²) in [6.45, 7) is 0. The second-order valence-electron chi connectivity index (χ2n) is 3.86. The first-order valence-electron chi connectivity index (χ1n) is 5.45. The average Bonchev–Trinajstić information content (AvgIpc) is 2.36. The topological polar surface area (TPSA) is 70.1 Å². The van der Waals surface area contributed by atoms with E-state index in [1.54, 1.807) is 0 Å². The number of H-pyrrole nitrogens is 1. The van der Waals surface area contributed by atoms with Crippen molar-refractivity contribution in [2.24, 2.45) is 11.0 Å². The van der Waals surface area contributed by atoms with Crippen LogP contribution in [0.25, 0.3) is 0 Å². The first kappa shape index (κ1) is 12.0. The number of hydrogen-bond donors (Lipinski definition) is 2. The van der Waals surface area contributed by atoms with Crippen LogP contribution >= 0.6 is 15.9 Å². The van der Waals surface area contributed by atoms with Crippen LogP contribution in [0.3, 0.4) is 0 Å². The zero-order chi connectivity index (χ0) is 12.1. The molecule has 1 aromatic heterocycles. The van der Waals surface area contributed by atoms with Gasteiger partial charge in [-0.15, -0.1) is 0 Å². The van der Waals surface area contributed by atoms with Crippen LogP contribution in [0.1, 0.15) is 19.3 Å². The van der Waals surface area contributed by atoms with Crippen molar-refractivity contribution in [1.82, 2.24) is 10.2 Å². The Kier molecular flexibility index (Phi) is 4.08. The summed E-state index contributed by atoms with van der Waals surface area (Å²) in [6, 6.07) is 0. The number of aromatic nitrogens is 2. The van der Waals surface area contributed by atoms with Crippen LogP contribution < -0.4 is 11.0 Å². The Hall–Kier alpha value is -1.43. The minimum absolute atomic E-state index is 0.272. The lowest BCUT2D eigenvalue weighted by Gasteiger charge is -2.11. The van der Waals surface area contributed by atoms with Gasteiger partial charge in [-0.2, -0.15) is 10.2 Å². The van der Waals surface area contributed by atoms with Crippen LogP contribution in [0.5, 0.6) is 0 Å². The SMILES string of the molecule is O=c1[nH]ncc(N/N=C\[C@H]2CC=CCC2)c1Br. The molecule has 1 aromatic rings. The largest absolute Gasteiger partial charge is 0.280 e. The maximum Gasteiger partial charge on any atom is 0.280 e. The predicted octanol–water partition coefficient (Wildman–Crippen LogP) is 2.29. The zero-order valence-corrected chi connectivity index (χ0v) is 10.8. The minimum atomic E-state index is -0.272. The van der Waals surface area contributed by atoms with Gasteiger partial charge in [-0.3, -0.25) is 10.2 Å². The Labute approximate surface area is 107 Å². The Morgan fingerprint density at radius 3 is 3.24 bits per heavy atom. The fourth-order valence-corrected chi connectivity index (χ4v) is 1.91. The van der Waals surface area contributed by atoms with Crippen molar-refractivity contribution in [3.63, 3.8) is 0 Å². The Morgan fingerprint density at radius 1 is 1.59 bits per heavy atom. The van der Waals surface area contributed by atoms with E-state index in [1.807, 2.05) is 6.21 Å². The Bertz CT molecular complexity index is 494. The molecule has 1 heterocycles. The van der Waals surface area contributed by atoms with Crippen molar-refractivity contribution in [3.05, 3.63) is 33.2 Å². The van der Waals surface area contributed by atoms with E-state index in [1.165, 1.54) is 6.20 Å². The summed E-state index contributed by atoms with van der Waals surface area (Å²) in [5, 5.41) is 10.2. The summed E-state index contributed by atoms with van der Waals surface area (Å²) in [6.07, 6.45) is 11.0. The number of hydrogen-bond acceptors (Lipinski definition) is 4. The smallest absolute Gasteiger partial charge is 0.276 e.